The molecule has 3 N–H and O–H groups in total. The van der Waals surface area contributed by atoms with Crippen LogP contribution in [0.4, 0.5) is 18.9 Å². The first kappa shape index (κ1) is 15.2. The Kier molecular flexibility index (Phi) is 4.70. The van der Waals surface area contributed by atoms with Gasteiger partial charge in [0.1, 0.15) is 11.6 Å². The second kappa shape index (κ2) is 6.49. The maximum atomic E-state index is 13.8. The molecule has 112 valence electrons. The lowest BCUT2D eigenvalue weighted by molar-refractivity contribution is 0.414. The number of rotatable bonds is 5. The van der Waals surface area contributed by atoms with E-state index in [2.05, 4.69) is 5.32 Å². The lowest BCUT2D eigenvalue weighted by Crippen LogP contribution is -2.22. The standard InChI is InChI=1S/C15H15F3N2O/c1-21-9-5-6-11(16)13(7-9)20-14(8-19)10-3-2-4-12(17)15(10)18/h2-7,14,20H,8,19H2,1H3. The first-order valence-electron chi connectivity index (χ1n) is 6.31. The Morgan fingerprint density at radius 2 is 1.90 bits per heavy atom. The Bertz CT molecular complexity index is 634. The third-order valence-corrected chi connectivity index (χ3v) is 3.10. The van der Waals surface area contributed by atoms with Crippen LogP contribution in [-0.2, 0) is 0 Å². The SMILES string of the molecule is COc1ccc(F)c(NC(CN)c2cccc(F)c2F)c1. The van der Waals surface area contributed by atoms with Crippen LogP contribution < -0.4 is 15.8 Å². The van der Waals surface area contributed by atoms with Gasteiger partial charge in [0.2, 0.25) is 0 Å². The van der Waals surface area contributed by atoms with Gasteiger partial charge in [-0.3, -0.25) is 0 Å². The van der Waals surface area contributed by atoms with E-state index in [1.165, 1.54) is 37.4 Å². The van der Waals surface area contributed by atoms with Crippen LogP contribution in [0.2, 0.25) is 0 Å². The summed E-state index contributed by atoms with van der Waals surface area (Å²) in [5, 5.41) is 2.77. The summed E-state index contributed by atoms with van der Waals surface area (Å²) in [4.78, 5) is 0. The van der Waals surface area contributed by atoms with Gasteiger partial charge in [0, 0.05) is 18.2 Å². The Morgan fingerprint density at radius 3 is 2.57 bits per heavy atom. The lowest BCUT2D eigenvalue weighted by atomic mass is 10.1. The van der Waals surface area contributed by atoms with E-state index < -0.39 is 23.5 Å². The predicted molar refractivity (Wildman–Crippen MR) is 74.7 cm³/mol. The summed E-state index contributed by atoms with van der Waals surface area (Å²) in [5.41, 5.74) is 5.73. The minimum absolute atomic E-state index is 0.0307. The quantitative estimate of drug-likeness (QED) is 0.890. The van der Waals surface area contributed by atoms with Gasteiger partial charge in [-0.2, -0.15) is 0 Å². The van der Waals surface area contributed by atoms with Crippen LogP contribution >= 0.6 is 0 Å². The second-order valence-electron chi connectivity index (χ2n) is 4.42. The number of nitrogens with one attached hydrogen (secondary N) is 1. The van der Waals surface area contributed by atoms with Gasteiger partial charge in [-0.05, 0) is 18.2 Å². The molecule has 0 aromatic heterocycles. The van der Waals surface area contributed by atoms with Crippen LogP contribution in [0.5, 0.6) is 5.75 Å². The van der Waals surface area contributed by atoms with Crippen molar-refractivity contribution in [2.24, 2.45) is 5.73 Å². The molecule has 1 atom stereocenters. The van der Waals surface area contributed by atoms with Crippen LogP contribution in [0.3, 0.4) is 0 Å². The van der Waals surface area contributed by atoms with Crippen LogP contribution in [0.25, 0.3) is 0 Å². The molecule has 6 heteroatoms. The lowest BCUT2D eigenvalue weighted by Gasteiger charge is -2.20. The Hall–Kier alpha value is -2.21. The monoisotopic (exact) mass is 296 g/mol. The number of nitrogens with two attached hydrogens (primary N) is 1. The molecule has 0 aliphatic carbocycles. The summed E-state index contributed by atoms with van der Waals surface area (Å²) in [5.74, 6) is -2.07. The highest BCUT2D eigenvalue weighted by Crippen LogP contribution is 2.27. The third-order valence-electron chi connectivity index (χ3n) is 3.10. The van der Waals surface area contributed by atoms with E-state index in [1.54, 1.807) is 0 Å². The molecule has 21 heavy (non-hydrogen) atoms. The number of hydrogen-bond acceptors (Lipinski definition) is 3. The van der Waals surface area contributed by atoms with E-state index in [1.807, 2.05) is 0 Å². The molecule has 0 saturated heterocycles. The predicted octanol–water partition coefficient (Wildman–Crippen LogP) is 3.22. The average Bonchev–Trinajstić information content (AvgIpc) is 2.49. The molecule has 0 bridgehead atoms. The van der Waals surface area contributed by atoms with E-state index in [9.17, 15) is 13.2 Å². The topological polar surface area (TPSA) is 47.3 Å². The number of anilines is 1. The summed E-state index contributed by atoms with van der Waals surface area (Å²) < 4.78 is 45.8. The van der Waals surface area contributed by atoms with Crippen molar-refractivity contribution in [1.82, 2.24) is 0 Å². The van der Waals surface area contributed by atoms with Crippen molar-refractivity contribution in [2.45, 2.75) is 6.04 Å². The number of ether oxygens (including phenoxy) is 1. The summed E-state index contributed by atoms with van der Waals surface area (Å²) in [7, 11) is 1.45. The molecule has 0 aliphatic heterocycles. The largest absolute Gasteiger partial charge is 0.497 e. The number of hydrogen-bond donors (Lipinski definition) is 2. The maximum Gasteiger partial charge on any atom is 0.164 e. The van der Waals surface area contributed by atoms with Crippen molar-refractivity contribution < 1.29 is 17.9 Å². The van der Waals surface area contributed by atoms with E-state index in [0.717, 1.165) is 6.07 Å². The normalized spacial score (nSPS) is 12.0. The number of halogens is 3. The van der Waals surface area contributed by atoms with E-state index >= 15 is 0 Å². The summed E-state index contributed by atoms with van der Waals surface area (Å²) in [6, 6.07) is 7.13. The van der Waals surface area contributed by atoms with Crippen LogP contribution in [0.15, 0.2) is 36.4 Å². The van der Waals surface area contributed by atoms with Gasteiger partial charge < -0.3 is 15.8 Å². The Morgan fingerprint density at radius 1 is 1.14 bits per heavy atom. The molecule has 0 heterocycles. The second-order valence-corrected chi connectivity index (χ2v) is 4.42. The molecule has 0 aliphatic rings. The molecule has 0 saturated carbocycles. The average molecular weight is 296 g/mol. The van der Waals surface area contributed by atoms with Crippen molar-refractivity contribution in [3.63, 3.8) is 0 Å². The van der Waals surface area contributed by atoms with Crippen LogP contribution in [0.1, 0.15) is 11.6 Å². The van der Waals surface area contributed by atoms with E-state index in [4.69, 9.17) is 10.5 Å². The molecule has 2 rings (SSSR count). The maximum absolute atomic E-state index is 13.8. The van der Waals surface area contributed by atoms with Gasteiger partial charge in [0.15, 0.2) is 11.6 Å². The zero-order valence-electron chi connectivity index (χ0n) is 11.4. The highest BCUT2D eigenvalue weighted by atomic mass is 19.2. The molecule has 0 fully saturated rings. The summed E-state index contributed by atoms with van der Waals surface area (Å²) in [6.45, 7) is -0.0307. The molecular formula is C15H15F3N2O. The minimum atomic E-state index is -0.997. The van der Waals surface area contributed by atoms with Crippen molar-refractivity contribution in [1.29, 1.82) is 0 Å². The van der Waals surface area contributed by atoms with Gasteiger partial charge in [-0.1, -0.05) is 12.1 Å². The number of benzene rings is 2. The van der Waals surface area contributed by atoms with E-state index in [0.29, 0.717) is 5.75 Å². The first-order chi connectivity index (χ1) is 10.1. The van der Waals surface area contributed by atoms with Gasteiger partial charge >= 0.3 is 0 Å². The fourth-order valence-electron chi connectivity index (χ4n) is 1.98. The van der Waals surface area contributed by atoms with Crippen LogP contribution in [0, 0.1) is 17.5 Å². The van der Waals surface area contributed by atoms with Crippen LogP contribution in [-0.4, -0.2) is 13.7 Å². The van der Waals surface area contributed by atoms with Crippen molar-refractivity contribution >= 4 is 5.69 Å². The first-order valence-corrected chi connectivity index (χ1v) is 6.31. The highest BCUT2D eigenvalue weighted by Gasteiger charge is 2.18. The zero-order valence-corrected chi connectivity index (χ0v) is 11.4. The molecule has 2 aromatic carbocycles. The highest BCUT2D eigenvalue weighted by molar-refractivity contribution is 5.51. The van der Waals surface area contributed by atoms with E-state index in [-0.39, 0.29) is 17.8 Å². The zero-order chi connectivity index (χ0) is 15.4. The molecule has 0 amide bonds. The number of methoxy groups -OCH3 is 1. The Balaban J connectivity index is 2.33. The van der Waals surface area contributed by atoms with Crippen molar-refractivity contribution in [3.8, 4) is 5.75 Å². The molecule has 1 unspecified atom stereocenters. The molecule has 0 radical (unpaired) electrons. The smallest absolute Gasteiger partial charge is 0.164 e. The summed E-state index contributed by atoms with van der Waals surface area (Å²) in [6.07, 6.45) is 0. The fourth-order valence-corrected chi connectivity index (χ4v) is 1.98. The molecule has 3 nitrogen and oxygen atoms in total. The van der Waals surface area contributed by atoms with Crippen molar-refractivity contribution in [2.75, 3.05) is 19.0 Å². The third kappa shape index (κ3) is 3.28. The Labute approximate surface area is 120 Å². The molecular weight excluding hydrogens is 281 g/mol. The fraction of sp³-hybridized carbons (Fsp3) is 0.200. The van der Waals surface area contributed by atoms with Gasteiger partial charge in [-0.25, -0.2) is 13.2 Å². The molecule has 2 aromatic rings. The molecule has 0 spiro atoms. The van der Waals surface area contributed by atoms with Gasteiger partial charge in [-0.15, -0.1) is 0 Å². The minimum Gasteiger partial charge on any atom is -0.497 e. The van der Waals surface area contributed by atoms with Crippen molar-refractivity contribution in [3.05, 3.63) is 59.4 Å². The van der Waals surface area contributed by atoms with Gasteiger partial charge in [0.25, 0.3) is 0 Å². The summed E-state index contributed by atoms with van der Waals surface area (Å²) >= 11 is 0. The van der Waals surface area contributed by atoms with Gasteiger partial charge in [0.05, 0.1) is 18.8 Å².